The topological polar surface area (TPSA) is 43.9 Å². The van der Waals surface area contributed by atoms with Gasteiger partial charge in [-0.2, -0.15) is 0 Å². The maximum atomic E-state index is 12.9. The molecule has 0 N–H and O–H groups in total. The van der Waals surface area contributed by atoms with Crippen LogP contribution in [-0.2, 0) is 9.59 Å². The molecule has 2 saturated heterocycles. The van der Waals surface area contributed by atoms with E-state index in [4.69, 9.17) is 0 Å². The normalized spacial score (nSPS) is 18.2. The molecule has 2 aliphatic rings. The minimum atomic E-state index is 0.0926. The number of likely N-dealkylation sites (tertiary alicyclic amines) is 1. The fraction of sp³-hybridized carbons (Fsp3) is 0.481. The van der Waals surface area contributed by atoms with Crippen LogP contribution < -0.4 is 0 Å². The van der Waals surface area contributed by atoms with Gasteiger partial charge in [-0.25, -0.2) is 0 Å². The lowest BCUT2D eigenvalue weighted by atomic mass is 9.96. The number of amides is 2. The van der Waals surface area contributed by atoms with Gasteiger partial charge in [-0.1, -0.05) is 67.6 Å². The summed E-state index contributed by atoms with van der Waals surface area (Å²) in [7, 11) is 0. The van der Waals surface area contributed by atoms with Crippen LogP contribution in [0.3, 0.4) is 0 Å². The number of hydrogen-bond acceptors (Lipinski definition) is 3. The number of carbonyl (C=O) groups is 2. The van der Waals surface area contributed by atoms with Crippen LogP contribution in [0.25, 0.3) is 0 Å². The molecule has 2 amide bonds. The Balaban J connectivity index is 1.33. The van der Waals surface area contributed by atoms with Gasteiger partial charge in [-0.05, 0) is 29.9 Å². The second-order valence-electron chi connectivity index (χ2n) is 9.24. The van der Waals surface area contributed by atoms with Crippen molar-refractivity contribution in [3.8, 4) is 0 Å². The van der Waals surface area contributed by atoms with Crippen molar-refractivity contribution in [2.24, 2.45) is 5.92 Å². The van der Waals surface area contributed by atoms with Crippen molar-refractivity contribution in [3.05, 3.63) is 71.8 Å². The number of piperazine rings is 1. The van der Waals surface area contributed by atoms with Crippen molar-refractivity contribution in [1.82, 2.24) is 14.7 Å². The fourth-order valence-corrected chi connectivity index (χ4v) is 5.01. The second kappa shape index (κ2) is 10.8. The zero-order chi connectivity index (χ0) is 22.3. The summed E-state index contributed by atoms with van der Waals surface area (Å²) in [5.41, 5.74) is 2.57. The Hall–Kier alpha value is -2.66. The maximum absolute atomic E-state index is 12.9. The molecule has 2 heterocycles. The highest BCUT2D eigenvalue weighted by Gasteiger charge is 2.29. The predicted octanol–water partition coefficient (Wildman–Crippen LogP) is 3.96. The highest BCUT2D eigenvalue weighted by atomic mass is 16.2. The Kier molecular flexibility index (Phi) is 7.59. The van der Waals surface area contributed by atoms with Gasteiger partial charge in [-0.15, -0.1) is 0 Å². The Morgan fingerprint density at radius 3 is 1.59 bits per heavy atom. The first kappa shape index (κ1) is 22.5. The van der Waals surface area contributed by atoms with Crippen molar-refractivity contribution in [2.45, 2.75) is 38.6 Å². The van der Waals surface area contributed by atoms with E-state index in [2.05, 4.69) is 65.6 Å². The van der Waals surface area contributed by atoms with E-state index in [1.54, 1.807) is 0 Å². The van der Waals surface area contributed by atoms with E-state index < -0.39 is 0 Å². The van der Waals surface area contributed by atoms with Gasteiger partial charge in [0.25, 0.3) is 0 Å². The van der Waals surface area contributed by atoms with E-state index in [1.165, 1.54) is 11.1 Å². The van der Waals surface area contributed by atoms with Crippen LogP contribution >= 0.6 is 0 Å². The quantitative estimate of drug-likeness (QED) is 0.664. The zero-order valence-corrected chi connectivity index (χ0v) is 19.2. The molecular weight excluding hydrogens is 398 g/mol. The highest BCUT2D eigenvalue weighted by Crippen LogP contribution is 2.29. The molecular formula is C27H35N3O2. The SMILES string of the molecule is C[C@@H](CC(=O)N1CCCC1)CC(=O)N1CCN(C(c2ccccc2)c2ccccc2)CC1. The Morgan fingerprint density at radius 2 is 1.12 bits per heavy atom. The molecule has 4 rings (SSSR count). The molecule has 0 bridgehead atoms. The first-order valence-corrected chi connectivity index (χ1v) is 12.0. The van der Waals surface area contributed by atoms with Crippen LogP contribution in [0.5, 0.6) is 0 Å². The number of carbonyl (C=O) groups excluding carboxylic acids is 2. The summed E-state index contributed by atoms with van der Waals surface area (Å²) >= 11 is 0. The van der Waals surface area contributed by atoms with Crippen LogP contribution in [-0.4, -0.2) is 65.8 Å². The number of benzene rings is 2. The van der Waals surface area contributed by atoms with Crippen molar-refractivity contribution in [1.29, 1.82) is 0 Å². The van der Waals surface area contributed by atoms with Gasteiger partial charge < -0.3 is 9.80 Å². The third-order valence-electron chi connectivity index (χ3n) is 6.77. The minimum absolute atomic E-state index is 0.0926. The van der Waals surface area contributed by atoms with E-state index in [9.17, 15) is 9.59 Å². The van der Waals surface area contributed by atoms with Crippen LogP contribution in [0.1, 0.15) is 49.8 Å². The molecule has 1 atom stereocenters. The molecule has 2 fully saturated rings. The lowest BCUT2D eigenvalue weighted by molar-refractivity contribution is -0.135. The molecule has 0 spiro atoms. The molecule has 0 aliphatic carbocycles. The maximum Gasteiger partial charge on any atom is 0.222 e. The van der Waals surface area contributed by atoms with Gasteiger partial charge >= 0.3 is 0 Å². The van der Waals surface area contributed by atoms with E-state index in [1.807, 2.05) is 16.7 Å². The molecule has 170 valence electrons. The van der Waals surface area contributed by atoms with Crippen LogP contribution in [0.15, 0.2) is 60.7 Å². The largest absolute Gasteiger partial charge is 0.343 e. The Bertz CT molecular complexity index is 833. The van der Waals surface area contributed by atoms with Crippen molar-refractivity contribution >= 4 is 11.8 Å². The average molecular weight is 434 g/mol. The van der Waals surface area contributed by atoms with Crippen LogP contribution in [0.2, 0.25) is 0 Å². The molecule has 0 radical (unpaired) electrons. The summed E-state index contributed by atoms with van der Waals surface area (Å²) < 4.78 is 0. The summed E-state index contributed by atoms with van der Waals surface area (Å²) in [4.78, 5) is 31.7. The lowest BCUT2D eigenvalue weighted by Gasteiger charge is -2.40. The number of nitrogens with zero attached hydrogens (tertiary/aromatic N) is 3. The third kappa shape index (κ3) is 5.57. The summed E-state index contributed by atoms with van der Waals surface area (Å²) in [6, 6.07) is 21.4. The molecule has 2 aromatic carbocycles. The van der Waals surface area contributed by atoms with Gasteiger partial charge in [-0.3, -0.25) is 14.5 Å². The van der Waals surface area contributed by atoms with E-state index in [0.29, 0.717) is 12.8 Å². The standard InChI is InChI=1S/C27H35N3O2/c1-22(20-25(31)28-14-8-9-15-28)21-26(32)29-16-18-30(19-17-29)27(23-10-4-2-5-11-23)24-12-6-3-7-13-24/h2-7,10-13,22,27H,8-9,14-21H2,1H3/t22-/m0/s1. The molecule has 5 heteroatoms. The molecule has 0 aromatic heterocycles. The zero-order valence-electron chi connectivity index (χ0n) is 19.2. The smallest absolute Gasteiger partial charge is 0.222 e. The Labute approximate surface area is 192 Å². The predicted molar refractivity (Wildman–Crippen MR) is 127 cm³/mol. The molecule has 0 unspecified atom stereocenters. The number of rotatable bonds is 7. The van der Waals surface area contributed by atoms with Crippen molar-refractivity contribution in [2.75, 3.05) is 39.3 Å². The van der Waals surface area contributed by atoms with Gasteiger partial charge in [0.1, 0.15) is 0 Å². The first-order chi connectivity index (χ1) is 15.6. The van der Waals surface area contributed by atoms with E-state index in [0.717, 1.165) is 52.1 Å². The number of hydrogen-bond donors (Lipinski definition) is 0. The van der Waals surface area contributed by atoms with Crippen LogP contribution in [0, 0.1) is 5.92 Å². The summed E-state index contributed by atoms with van der Waals surface area (Å²) in [5.74, 6) is 0.485. The van der Waals surface area contributed by atoms with Gasteiger partial charge in [0, 0.05) is 52.1 Å². The molecule has 0 saturated carbocycles. The highest BCUT2D eigenvalue weighted by molar-refractivity contribution is 5.79. The average Bonchev–Trinajstić information content (AvgIpc) is 3.36. The molecule has 2 aromatic rings. The van der Waals surface area contributed by atoms with E-state index >= 15 is 0 Å². The van der Waals surface area contributed by atoms with Crippen LogP contribution in [0.4, 0.5) is 0 Å². The fourth-order valence-electron chi connectivity index (χ4n) is 5.01. The lowest BCUT2D eigenvalue weighted by Crippen LogP contribution is -2.50. The second-order valence-corrected chi connectivity index (χ2v) is 9.24. The molecule has 32 heavy (non-hydrogen) atoms. The van der Waals surface area contributed by atoms with Crippen molar-refractivity contribution < 1.29 is 9.59 Å². The first-order valence-electron chi connectivity index (χ1n) is 12.0. The summed E-state index contributed by atoms with van der Waals surface area (Å²) in [6.45, 7) is 6.96. The summed E-state index contributed by atoms with van der Waals surface area (Å²) in [5, 5.41) is 0. The summed E-state index contributed by atoms with van der Waals surface area (Å²) in [6.07, 6.45) is 3.16. The third-order valence-corrected chi connectivity index (χ3v) is 6.77. The minimum Gasteiger partial charge on any atom is -0.343 e. The van der Waals surface area contributed by atoms with Gasteiger partial charge in [0.2, 0.25) is 11.8 Å². The van der Waals surface area contributed by atoms with Gasteiger partial charge in [0.05, 0.1) is 6.04 Å². The molecule has 2 aliphatic heterocycles. The van der Waals surface area contributed by atoms with Crippen molar-refractivity contribution in [3.63, 3.8) is 0 Å². The monoisotopic (exact) mass is 433 g/mol. The molecule has 5 nitrogen and oxygen atoms in total. The van der Waals surface area contributed by atoms with E-state index in [-0.39, 0.29) is 23.8 Å². The van der Waals surface area contributed by atoms with Gasteiger partial charge in [0.15, 0.2) is 0 Å². The Morgan fingerprint density at radius 1 is 0.688 bits per heavy atom.